The minimum absolute atomic E-state index is 0.0728. The SMILES string of the molecule is C=CCN1CC(=O)N2[C@@H](C(C)CC(=C)C=C)C(=O)N(CCCOCCCC)C[C@@H]2N1C(=O)NCc1ccc(F)cc1. The summed E-state index contributed by atoms with van der Waals surface area (Å²) >= 11 is 0. The van der Waals surface area contributed by atoms with Crippen LogP contribution in [0.1, 0.15) is 45.1 Å². The number of piperazine rings is 1. The molecule has 3 rings (SSSR count). The molecule has 2 saturated heterocycles. The van der Waals surface area contributed by atoms with Crippen molar-refractivity contribution < 1.29 is 23.5 Å². The molecule has 3 atom stereocenters. The van der Waals surface area contributed by atoms with Crippen LogP contribution in [0, 0.1) is 11.7 Å². The molecule has 10 heteroatoms. The summed E-state index contributed by atoms with van der Waals surface area (Å²) in [5.74, 6) is -0.977. The smallest absolute Gasteiger partial charge is 0.334 e. The molecule has 4 amide bonds. The van der Waals surface area contributed by atoms with Crippen LogP contribution in [-0.2, 0) is 20.9 Å². The molecule has 2 aliphatic rings. The van der Waals surface area contributed by atoms with Gasteiger partial charge in [0.25, 0.3) is 0 Å². The van der Waals surface area contributed by atoms with Gasteiger partial charge in [-0.2, -0.15) is 0 Å². The number of fused-ring (bicyclic) bond motifs is 1. The molecule has 1 aromatic rings. The quantitative estimate of drug-likeness (QED) is 0.195. The van der Waals surface area contributed by atoms with E-state index in [1.807, 2.05) is 6.92 Å². The van der Waals surface area contributed by atoms with Gasteiger partial charge in [-0.25, -0.2) is 19.2 Å². The number of carbonyl (C=O) groups is 3. The molecule has 2 fully saturated rings. The Morgan fingerprint density at radius 1 is 1.20 bits per heavy atom. The number of nitrogens with zero attached hydrogens (tertiary/aromatic N) is 4. The molecule has 0 radical (unpaired) electrons. The third kappa shape index (κ3) is 8.27. The van der Waals surface area contributed by atoms with Crippen molar-refractivity contribution >= 4 is 17.8 Å². The van der Waals surface area contributed by atoms with Gasteiger partial charge < -0.3 is 19.9 Å². The first-order valence-corrected chi connectivity index (χ1v) is 14.4. The molecule has 9 nitrogen and oxygen atoms in total. The van der Waals surface area contributed by atoms with E-state index in [9.17, 15) is 18.8 Å². The first kappa shape index (κ1) is 32.0. The predicted octanol–water partition coefficient (Wildman–Crippen LogP) is 4.09. The van der Waals surface area contributed by atoms with Gasteiger partial charge in [0.1, 0.15) is 18.0 Å². The lowest BCUT2D eigenvalue weighted by Gasteiger charge is -2.56. The van der Waals surface area contributed by atoms with E-state index < -0.39 is 18.2 Å². The summed E-state index contributed by atoms with van der Waals surface area (Å²) in [7, 11) is 0. The maximum absolute atomic E-state index is 13.9. The van der Waals surface area contributed by atoms with Crippen LogP contribution < -0.4 is 5.32 Å². The largest absolute Gasteiger partial charge is 0.381 e. The standard InChI is InChI=1S/C31H44FN5O4/c1-6-9-17-41-18-10-16-34-21-27-36(29(30(34)39)24(5)19-23(4)8-3)28(38)22-35(15-7-2)37(27)31(40)33-20-25-11-13-26(32)14-12-25/h7-8,11-14,24,27,29H,2-4,6,9-10,15-22H2,1,5H3,(H,33,40)/t24?,27-,29-/m0/s1. The fourth-order valence-corrected chi connectivity index (χ4v) is 5.35. The number of amides is 4. The number of hydrogen-bond acceptors (Lipinski definition) is 5. The topological polar surface area (TPSA) is 85.4 Å². The van der Waals surface area contributed by atoms with Gasteiger partial charge in [-0.15, -0.1) is 6.58 Å². The highest BCUT2D eigenvalue weighted by Gasteiger charge is 2.52. The number of unbranched alkanes of at least 4 members (excludes halogenated alkanes) is 1. The molecule has 1 unspecified atom stereocenters. The third-order valence-electron chi connectivity index (χ3n) is 7.44. The number of hydrogen-bond donors (Lipinski definition) is 1. The van der Waals surface area contributed by atoms with Crippen LogP contribution in [-0.4, -0.2) is 89.3 Å². The van der Waals surface area contributed by atoms with Gasteiger partial charge in [0.2, 0.25) is 11.8 Å². The summed E-state index contributed by atoms with van der Waals surface area (Å²) in [5, 5.41) is 6.10. The Morgan fingerprint density at radius 3 is 2.56 bits per heavy atom. The van der Waals surface area contributed by atoms with Crippen molar-refractivity contribution in [2.24, 2.45) is 5.92 Å². The van der Waals surface area contributed by atoms with E-state index in [1.54, 1.807) is 39.1 Å². The number of rotatable bonds is 15. The normalized spacial score (nSPS) is 20.0. The summed E-state index contributed by atoms with van der Waals surface area (Å²) in [6, 6.07) is 4.71. The zero-order valence-corrected chi connectivity index (χ0v) is 24.4. The Labute approximate surface area is 243 Å². The molecule has 1 aromatic carbocycles. The van der Waals surface area contributed by atoms with Gasteiger partial charge in [0.05, 0.1) is 13.1 Å². The van der Waals surface area contributed by atoms with Crippen LogP contribution in [0.3, 0.4) is 0 Å². The van der Waals surface area contributed by atoms with E-state index in [4.69, 9.17) is 4.74 Å². The number of hydrazine groups is 1. The molecule has 0 aromatic heterocycles. The number of ether oxygens (including phenoxy) is 1. The van der Waals surface area contributed by atoms with E-state index in [-0.39, 0.29) is 49.7 Å². The first-order chi connectivity index (χ1) is 19.7. The maximum Gasteiger partial charge on any atom is 0.334 e. The fourth-order valence-electron chi connectivity index (χ4n) is 5.35. The van der Waals surface area contributed by atoms with Crippen molar-refractivity contribution in [2.75, 3.05) is 39.4 Å². The monoisotopic (exact) mass is 569 g/mol. The minimum atomic E-state index is -0.766. The Morgan fingerprint density at radius 2 is 1.90 bits per heavy atom. The molecule has 2 aliphatic heterocycles. The Balaban J connectivity index is 1.89. The minimum Gasteiger partial charge on any atom is -0.381 e. The molecule has 41 heavy (non-hydrogen) atoms. The molecule has 0 spiro atoms. The second-order valence-corrected chi connectivity index (χ2v) is 10.6. The second kappa shape index (κ2) is 15.5. The van der Waals surface area contributed by atoms with Crippen LogP contribution in [0.5, 0.6) is 0 Å². The van der Waals surface area contributed by atoms with Gasteiger partial charge >= 0.3 is 6.03 Å². The molecule has 0 aliphatic carbocycles. The molecule has 1 N–H and O–H groups in total. The highest BCUT2D eigenvalue weighted by Crippen LogP contribution is 2.32. The Kier molecular flexibility index (Phi) is 12.1. The van der Waals surface area contributed by atoms with Crippen molar-refractivity contribution in [3.63, 3.8) is 0 Å². The molecule has 0 bridgehead atoms. The van der Waals surface area contributed by atoms with Crippen LogP contribution >= 0.6 is 0 Å². The van der Waals surface area contributed by atoms with E-state index in [1.165, 1.54) is 17.1 Å². The molecule has 2 heterocycles. The summed E-state index contributed by atoms with van der Waals surface area (Å²) < 4.78 is 19.1. The van der Waals surface area contributed by atoms with Crippen molar-refractivity contribution in [3.05, 3.63) is 73.1 Å². The van der Waals surface area contributed by atoms with Gasteiger partial charge in [-0.05, 0) is 42.9 Å². The van der Waals surface area contributed by atoms with Crippen LogP contribution in [0.15, 0.2) is 61.7 Å². The van der Waals surface area contributed by atoms with E-state index in [2.05, 4.69) is 32.0 Å². The lowest BCUT2D eigenvalue weighted by atomic mass is 9.89. The van der Waals surface area contributed by atoms with Crippen molar-refractivity contribution in [1.29, 1.82) is 0 Å². The Hall–Kier alpha value is -3.50. The van der Waals surface area contributed by atoms with Gasteiger partial charge in [0, 0.05) is 32.8 Å². The van der Waals surface area contributed by atoms with E-state index in [0.717, 1.165) is 24.0 Å². The zero-order chi connectivity index (χ0) is 29.9. The number of benzene rings is 1. The number of nitrogens with one attached hydrogen (secondary N) is 1. The summed E-state index contributed by atoms with van der Waals surface area (Å²) in [6.45, 7) is 17.8. The average Bonchev–Trinajstić information content (AvgIpc) is 2.95. The number of halogens is 1. The molecular weight excluding hydrogens is 525 g/mol. The highest BCUT2D eigenvalue weighted by molar-refractivity contribution is 5.91. The van der Waals surface area contributed by atoms with Crippen LogP contribution in [0.4, 0.5) is 9.18 Å². The molecule has 0 saturated carbocycles. The summed E-state index contributed by atoms with van der Waals surface area (Å²) in [5.41, 5.74) is 1.51. The first-order valence-electron chi connectivity index (χ1n) is 14.4. The van der Waals surface area contributed by atoms with E-state index in [0.29, 0.717) is 32.6 Å². The summed E-state index contributed by atoms with van der Waals surface area (Å²) in [6.07, 6.45) is 5.73. The molecular formula is C31H44FN5O4. The zero-order valence-electron chi connectivity index (χ0n) is 24.4. The predicted molar refractivity (Wildman–Crippen MR) is 157 cm³/mol. The summed E-state index contributed by atoms with van der Waals surface area (Å²) in [4.78, 5) is 44.5. The van der Waals surface area contributed by atoms with Crippen molar-refractivity contribution in [2.45, 2.75) is 58.3 Å². The van der Waals surface area contributed by atoms with Crippen molar-refractivity contribution in [1.82, 2.24) is 25.1 Å². The average molecular weight is 570 g/mol. The highest BCUT2D eigenvalue weighted by atomic mass is 19.1. The maximum atomic E-state index is 13.9. The van der Waals surface area contributed by atoms with Crippen LogP contribution in [0.2, 0.25) is 0 Å². The van der Waals surface area contributed by atoms with Crippen LogP contribution in [0.25, 0.3) is 0 Å². The molecule has 224 valence electrons. The number of urea groups is 1. The lowest BCUT2D eigenvalue weighted by molar-refractivity contribution is -0.192. The number of allylic oxidation sites excluding steroid dienone is 2. The van der Waals surface area contributed by atoms with Gasteiger partial charge in [-0.3, -0.25) is 9.59 Å². The fraction of sp³-hybridized carbons (Fsp3) is 0.516. The Bertz CT molecular complexity index is 1090. The number of carbonyl (C=O) groups excluding carboxylic acids is 3. The lowest BCUT2D eigenvalue weighted by Crippen LogP contribution is -2.77. The van der Waals surface area contributed by atoms with Gasteiger partial charge in [0.15, 0.2) is 0 Å². The second-order valence-electron chi connectivity index (χ2n) is 10.6. The van der Waals surface area contributed by atoms with E-state index >= 15 is 0 Å². The van der Waals surface area contributed by atoms with Crippen molar-refractivity contribution in [3.8, 4) is 0 Å². The third-order valence-corrected chi connectivity index (χ3v) is 7.44. The van der Waals surface area contributed by atoms with Gasteiger partial charge in [-0.1, -0.05) is 63.3 Å².